The van der Waals surface area contributed by atoms with Crippen molar-refractivity contribution < 1.29 is 9.59 Å². The van der Waals surface area contributed by atoms with Crippen LogP contribution in [0.5, 0.6) is 0 Å². The summed E-state index contributed by atoms with van der Waals surface area (Å²) in [6, 6.07) is 10.8. The average Bonchev–Trinajstić information content (AvgIpc) is 3.25. The molecule has 5 nitrogen and oxygen atoms in total. The van der Waals surface area contributed by atoms with Crippen molar-refractivity contribution in [3.8, 4) is 0 Å². The molecule has 2 aromatic rings. The van der Waals surface area contributed by atoms with E-state index in [4.69, 9.17) is 0 Å². The summed E-state index contributed by atoms with van der Waals surface area (Å²) in [5.74, 6) is -0.554. The Balaban J connectivity index is 1.40. The second-order valence-corrected chi connectivity index (χ2v) is 8.64. The van der Waals surface area contributed by atoms with Gasteiger partial charge in [0.1, 0.15) is 5.92 Å². The number of benzene rings is 1. The monoisotopic (exact) mass is 393 g/mol. The highest BCUT2D eigenvalue weighted by Gasteiger charge is 2.40. The Hall–Kier alpha value is -2.56. The normalized spacial score (nSPS) is 20.6. The molecule has 2 fully saturated rings. The Morgan fingerprint density at radius 2 is 1.52 bits per heavy atom. The van der Waals surface area contributed by atoms with Crippen molar-refractivity contribution in [2.24, 2.45) is 5.92 Å². The number of hydrogen-bond acceptors (Lipinski definition) is 2. The van der Waals surface area contributed by atoms with Gasteiger partial charge in [-0.2, -0.15) is 0 Å². The Kier molecular flexibility index (Phi) is 5.24. The van der Waals surface area contributed by atoms with E-state index in [9.17, 15) is 9.59 Å². The number of carbonyl (C=O) groups is 2. The summed E-state index contributed by atoms with van der Waals surface area (Å²) in [7, 11) is 0. The van der Waals surface area contributed by atoms with Crippen molar-refractivity contribution in [3.05, 3.63) is 52.8 Å². The smallest absolute Gasteiger partial charge is 0.239 e. The van der Waals surface area contributed by atoms with Gasteiger partial charge >= 0.3 is 0 Å². The number of anilines is 1. The van der Waals surface area contributed by atoms with E-state index < -0.39 is 5.92 Å². The van der Waals surface area contributed by atoms with Gasteiger partial charge in [-0.3, -0.25) is 9.59 Å². The molecule has 4 rings (SSSR count). The topological polar surface area (TPSA) is 45.6 Å². The Morgan fingerprint density at radius 3 is 2.14 bits per heavy atom. The van der Waals surface area contributed by atoms with E-state index in [0.717, 1.165) is 31.6 Å². The molecule has 3 heterocycles. The van der Waals surface area contributed by atoms with E-state index in [1.165, 1.54) is 22.5 Å². The Labute approximate surface area is 173 Å². The van der Waals surface area contributed by atoms with Gasteiger partial charge in [0, 0.05) is 42.8 Å². The van der Waals surface area contributed by atoms with Crippen LogP contribution in [0.3, 0.4) is 0 Å². The fourth-order valence-corrected chi connectivity index (χ4v) is 4.88. The van der Waals surface area contributed by atoms with Crippen LogP contribution in [-0.4, -0.2) is 40.9 Å². The average molecular weight is 394 g/mol. The van der Waals surface area contributed by atoms with Crippen LogP contribution in [0.15, 0.2) is 30.3 Å². The first-order valence-electron chi connectivity index (χ1n) is 10.7. The van der Waals surface area contributed by atoms with Crippen molar-refractivity contribution in [1.29, 1.82) is 0 Å². The van der Waals surface area contributed by atoms with Crippen LogP contribution in [0.25, 0.3) is 0 Å². The van der Waals surface area contributed by atoms with Crippen LogP contribution in [-0.2, 0) is 9.59 Å². The highest BCUT2D eigenvalue weighted by Crippen LogP contribution is 2.31. The molecule has 154 valence electrons. The molecule has 1 unspecified atom stereocenters. The molecular weight excluding hydrogens is 362 g/mol. The van der Waals surface area contributed by atoms with Gasteiger partial charge in [-0.1, -0.05) is 6.07 Å². The van der Waals surface area contributed by atoms with Gasteiger partial charge in [0.15, 0.2) is 0 Å². The molecule has 0 radical (unpaired) electrons. The molecule has 0 saturated carbocycles. The highest BCUT2D eigenvalue weighted by molar-refractivity contribution is 6.09. The van der Waals surface area contributed by atoms with Crippen molar-refractivity contribution in [3.63, 3.8) is 0 Å². The van der Waals surface area contributed by atoms with Crippen LogP contribution >= 0.6 is 0 Å². The first-order chi connectivity index (χ1) is 13.9. The molecule has 5 heteroatoms. The zero-order valence-electron chi connectivity index (χ0n) is 17.9. The fourth-order valence-electron chi connectivity index (χ4n) is 4.88. The lowest BCUT2D eigenvalue weighted by Crippen LogP contribution is -2.44. The van der Waals surface area contributed by atoms with E-state index in [2.05, 4.69) is 44.4 Å². The minimum Gasteiger partial charge on any atom is -0.346 e. The number of aromatic nitrogens is 1. The fraction of sp³-hybridized carbons (Fsp3) is 0.500. The van der Waals surface area contributed by atoms with Crippen LogP contribution in [0.2, 0.25) is 0 Å². The molecule has 2 aliphatic heterocycles. The molecule has 2 amide bonds. The van der Waals surface area contributed by atoms with Crippen molar-refractivity contribution in [2.45, 2.75) is 53.0 Å². The Morgan fingerprint density at radius 1 is 0.862 bits per heavy atom. The molecule has 0 N–H and O–H groups in total. The van der Waals surface area contributed by atoms with Crippen LogP contribution in [0, 0.1) is 33.6 Å². The summed E-state index contributed by atoms with van der Waals surface area (Å²) < 4.78 is 2.39. The van der Waals surface area contributed by atoms with Crippen molar-refractivity contribution in [2.75, 3.05) is 24.5 Å². The molecule has 2 aliphatic rings. The lowest BCUT2D eigenvalue weighted by molar-refractivity contribution is -0.140. The van der Waals surface area contributed by atoms with Crippen molar-refractivity contribution >= 4 is 17.5 Å². The van der Waals surface area contributed by atoms with Gasteiger partial charge in [-0.05, 0) is 82.3 Å². The predicted molar refractivity (Wildman–Crippen MR) is 115 cm³/mol. The van der Waals surface area contributed by atoms with Gasteiger partial charge in [0.25, 0.3) is 0 Å². The molecule has 1 atom stereocenters. The quantitative estimate of drug-likeness (QED) is 0.742. The molecule has 1 aromatic heterocycles. The zero-order chi connectivity index (χ0) is 20.7. The first-order valence-corrected chi connectivity index (χ1v) is 10.7. The number of aryl methyl sites for hydroxylation is 4. The maximum atomic E-state index is 13.1. The zero-order valence-corrected chi connectivity index (χ0v) is 17.9. The SMILES string of the molecule is Cc1ccc(N2CCC(C(=O)N3CCC(n4c(C)ccc4C)CC3)C2=O)cc1C. The first kappa shape index (κ1) is 19.7. The van der Waals surface area contributed by atoms with Crippen LogP contribution in [0.1, 0.15) is 47.8 Å². The minimum absolute atomic E-state index is 0.0146. The number of carbonyl (C=O) groups excluding carboxylic acids is 2. The highest BCUT2D eigenvalue weighted by atomic mass is 16.2. The van der Waals surface area contributed by atoms with E-state index in [0.29, 0.717) is 19.0 Å². The molecule has 0 aliphatic carbocycles. The molecular formula is C24H31N3O2. The maximum absolute atomic E-state index is 13.1. The van der Waals surface area contributed by atoms with E-state index in [1.807, 2.05) is 23.1 Å². The molecule has 2 saturated heterocycles. The molecule has 29 heavy (non-hydrogen) atoms. The maximum Gasteiger partial charge on any atom is 0.239 e. The van der Waals surface area contributed by atoms with Crippen LogP contribution in [0.4, 0.5) is 5.69 Å². The lowest BCUT2D eigenvalue weighted by Gasteiger charge is -2.35. The van der Waals surface area contributed by atoms with E-state index in [1.54, 1.807) is 4.90 Å². The summed E-state index contributed by atoms with van der Waals surface area (Å²) in [6.07, 6.45) is 2.51. The van der Waals surface area contributed by atoms with Gasteiger partial charge < -0.3 is 14.4 Å². The van der Waals surface area contributed by atoms with Gasteiger partial charge in [0.2, 0.25) is 11.8 Å². The van der Waals surface area contributed by atoms with Crippen LogP contribution < -0.4 is 4.90 Å². The van der Waals surface area contributed by atoms with E-state index >= 15 is 0 Å². The summed E-state index contributed by atoms with van der Waals surface area (Å²) in [5.41, 5.74) is 5.85. The van der Waals surface area contributed by atoms with Gasteiger partial charge in [0.05, 0.1) is 0 Å². The van der Waals surface area contributed by atoms with Gasteiger partial charge in [-0.25, -0.2) is 0 Å². The predicted octanol–water partition coefficient (Wildman–Crippen LogP) is 3.94. The number of rotatable bonds is 3. The second kappa shape index (κ2) is 7.69. The van der Waals surface area contributed by atoms with E-state index in [-0.39, 0.29) is 11.8 Å². The summed E-state index contributed by atoms with van der Waals surface area (Å²) in [5, 5.41) is 0. The summed E-state index contributed by atoms with van der Waals surface area (Å²) in [6.45, 7) is 10.5. The third kappa shape index (κ3) is 3.59. The number of amides is 2. The molecule has 0 spiro atoms. The standard InChI is InChI=1S/C24H31N3O2/c1-16-5-8-21(15-17(16)2)26-14-11-22(24(26)29)23(28)25-12-9-20(10-13-25)27-18(3)6-7-19(27)4/h5-8,15,20,22H,9-14H2,1-4H3. The number of hydrogen-bond donors (Lipinski definition) is 0. The molecule has 0 bridgehead atoms. The third-order valence-corrected chi connectivity index (χ3v) is 6.77. The minimum atomic E-state index is -0.525. The Bertz CT molecular complexity index is 918. The third-order valence-electron chi connectivity index (χ3n) is 6.77. The summed E-state index contributed by atoms with van der Waals surface area (Å²) in [4.78, 5) is 29.8. The lowest BCUT2D eigenvalue weighted by atomic mass is 10.0. The summed E-state index contributed by atoms with van der Waals surface area (Å²) >= 11 is 0. The van der Waals surface area contributed by atoms with Gasteiger partial charge in [-0.15, -0.1) is 0 Å². The largest absolute Gasteiger partial charge is 0.346 e. The number of likely N-dealkylation sites (tertiary alicyclic amines) is 1. The number of nitrogens with zero attached hydrogens (tertiary/aromatic N) is 3. The molecule has 1 aromatic carbocycles. The number of piperidine rings is 1. The van der Waals surface area contributed by atoms with Crippen molar-refractivity contribution in [1.82, 2.24) is 9.47 Å². The second-order valence-electron chi connectivity index (χ2n) is 8.64.